The maximum Gasteiger partial charge on any atom is 0.134 e. The molecule has 1 aliphatic rings. The molecule has 1 unspecified atom stereocenters. The van der Waals surface area contributed by atoms with E-state index < -0.39 is 0 Å². The third-order valence-corrected chi connectivity index (χ3v) is 4.60. The normalized spacial score (nSPS) is 17.7. The number of rotatable bonds is 4. The lowest BCUT2D eigenvalue weighted by Gasteiger charge is -2.38. The summed E-state index contributed by atoms with van der Waals surface area (Å²) >= 11 is 0. The Bertz CT molecular complexity index is 687. The second kappa shape index (κ2) is 7.03. The molecular weight excluding hydrogens is 300 g/mol. The van der Waals surface area contributed by atoms with Gasteiger partial charge in [-0.2, -0.15) is 0 Å². The van der Waals surface area contributed by atoms with Crippen molar-refractivity contribution < 1.29 is 0 Å². The molecule has 0 amide bonds. The predicted octanol–water partition coefficient (Wildman–Crippen LogP) is 2.35. The van der Waals surface area contributed by atoms with Gasteiger partial charge in [0, 0.05) is 52.0 Å². The van der Waals surface area contributed by atoms with E-state index >= 15 is 0 Å². The van der Waals surface area contributed by atoms with Crippen molar-refractivity contribution in [3.8, 4) is 0 Å². The van der Waals surface area contributed by atoms with Crippen LogP contribution in [0, 0.1) is 6.92 Å². The molecule has 128 valence electrons. The van der Waals surface area contributed by atoms with Crippen LogP contribution in [0.3, 0.4) is 0 Å². The van der Waals surface area contributed by atoms with Crippen molar-refractivity contribution in [1.82, 2.24) is 15.0 Å². The van der Waals surface area contributed by atoms with E-state index in [0.717, 1.165) is 42.7 Å². The molecule has 0 saturated carbocycles. The quantitative estimate of drug-likeness (QED) is 0.859. The topological polar surface area (TPSA) is 48.4 Å². The molecule has 1 atom stereocenters. The van der Waals surface area contributed by atoms with Crippen molar-refractivity contribution in [3.63, 3.8) is 0 Å². The largest absolute Gasteiger partial charge is 0.363 e. The molecule has 6 heteroatoms. The van der Waals surface area contributed by atoms with Crippen LogP contribution in [-0.4, -0.2) is 55.2 Å². The minimum atomic E-state index is 0.422. The third-order valence-electron chi connectivity index (χ3n) is 4.60. The van der Waals surface area contributed by atoms with Crippen molar-refractivity contribution >= 4 is 17.5 Å². The van der Waals surface area contributed by atoms with Crippen LogP contribution in [-0.2, 0) is 0 Å². The third kappa shape index (κ3) is 3.58. The van der Waals surface area contributed by atoms with Crippen LogP contribution in [0.2, 0.25) is 0 Å². The summed E-state index contributed by atoms with van der Waals surface area (Å²) in [6.45, 7) is 4.07. The lowest BCUT2D eigenvalue weighted by Crippen LogP contribution is -2.47. The Kier molecular flexibility index (Phi) is 4.83. The number of likely N-dealkylation sites (N-methyl/N-ethyl adjacent to an activating group) is 1. The molecule has 3 rings (SSSR count). The summed E-state index contributed by atoms with van der Waals surface area (Å²) in [7, 11) is 6.12. The van der Waals surface area contributed by atoms with Crippen molar-refractivity contribution in [2.75, 3.05) is 48.9 Å². The lowest BCUT2D eigenvalue weighted by molar-refractivity contribution is 0.483. The summed E-state index contributed by atoms with van der Waals surface area (Å²) in [6.07, 6.45) is 3.97. The van der Waals surface area contributed by atoms with E-state index in [4.69, 9.17) is 0 Å². The SMILES string of the molecule is Cc1cccc(N2CCCC(N(C)c3cc(N(C)C)ncn3)C2)n1. The van der Waals surface area contributed by atoms with Gasteiger partial charge in [0.2, 0.25) is 0 Å². The molecule has 0 radical (unpaired) electrons. The van der Waals surface area contributed by atoms with Gasteiger partial charge in [0.1, 0.15) is 23.8 Å². The van der Waals surface area contributed by atoms with Crippen molar-refractivity contribution in [2.45, 2.75) is 25.8 Å². The first-order chi connectivity index (χ1) is 11.5. The number of anilines is 3. The minimum Gasteiger partial charge on any atom is -0.363 e. The van der Waals surface area contributed by atoms with E-state index in [2.05, 4.69) is 43.9 Å². The van der Waals surface area contributed by atoms with Gasteiger partial charge in [0.15, 0.2) is 0 Å². The van der Waals surface area contributed by atoms with Gasteiger partial charge in [-0.25, -0.2) is 15.0 Å². The zero-order valence-electron chi connectivity index (χ0n) is 15.0. The van der Waals surface area contributed by atoms with E-state index in [0.29, 0.717) is 6.04 Å². The fourth-order valence-electron chi connectivity index (χ4n) is 3.15. The zero-order valence-corrected chi connectivity index (χ0v) is 15.0. The van der Waals surface area contributed by atoms with E-state index in [1.807, 2.05) is 38.1 Å². The Labute approximate surface area is 144 Å². The highest BCUT2D eigenvalue weighted by molar-refractivity contribution is 5.50. The van der Waals surface area contributed by atoms with Crippen molar-refractivity contribution in [1.29, 1.82) is 0 Å². The highest BCUT2D eigenvalue weighted by atomic mass is 15.3. The first-order valence-electron chi connectivity index (χ1n) is 8.45. The second-order valence-corrected chi connectivity index (χ2v) is 6.62. The summed E-state index contributed by atoms with van der Waals surface area (Å²) in [5.74, 6) is 2.97. The van der Waals surface area contributed by atoms with E-state index in [1.165, 1.54) is 6.42 Å². The average molecular weight is 326 g/mol. The van der Waals surface area contributed by atoms with Gasteiger partial charge in [0.05, 0.1) is 0 Å². The van der Waals surface area contributed by atoms with Gasteiger partial charge < -0.3 is 14.7 Å². The van der Waals surface area contributed by atoms with Crippen LogP contribution in [0.5, 0.6) is 0 Å². The van der Waals surface area contributed by atoms with Crippen LogP contribution in [0.25, 0.3) is 0 Å². The van der Waals surface area contributed by atoms with Crippen LogP contribution < -0.4 is 14.7 Å². The van der Waals surface area contributed by atoms with Gasteiger partial charge in [-0.3, -0.25) is 0 Å². The zero-order chi connectivity index (χ0) is 17.1. The summed E-state index contributed by atoms with van der Waals surface area (Å²) in [5, 5.41) is 0. The lowest BCUT2D eigenvalue weighted by atomic mass is 10.0. The molecule has 0 bridgehead atoms. The van der Waals surface area contributed by atoms with Gasteiger partial charge in [-0.15, -0.1) is 0 Å². The van der Waals surface area contributed by atoms with Crippen LogP contribution in [0.1, 0.15) is 18.5 Å². The number of aryl methyl sites for hydroxylation is 1. The molecule has 24 heavy (non-hydrogen) atoms. The van der Waals surface area contributed by atoms with Gasteiger partial charge >= 0.3 is 0 Å². The van der Waals surface area contributed by atoms with Crippen molar-refractivity contribution in [2.24, 2.45) is 0 Å². The van der Waals surface area contributed by atoms with Crippen LogP contribution in [0.4, 0.5) is 17.5 Å². The summed E-state index contributed by atoms with van der Waals surface area (Å²) in [6, 6.07) is 8.69. The molecule has 1 fully saturated rings. The Morgan fingerprint density at radius 2 is 1.92 bits per heavy atom. The molecule has 0 aliphatic carbocycles. The maximum atomic E-state index is 4.68. The molecular formula is C18H26N6. The highest BCUT2D eigenvalue weighted by Crippen LogP contribution is 2.24. The summed E-state index contributed by atoms with van der Waals surface area (Å²) in [4.78, 5) is 20.1. The van der Waals surface area contributed by atoms with Crippen molar-refractivity contribution in [3.05, 3.63) is 36.3 Å². The summed E-state index contributed by atoms with van der Waals surface area (Å²) in [5.41, 5.74) is 1.06. The average Bonchev–Trinajstić information content (AvgIpc) is 2.61. The maximum absolute atomic E-state index is 4.68. The molecule has 2 aromatic rings. The van der Waals surface area contributed by atoms with Gasteiger partial charge in [-0.05, 0) is 31.9 Å². The number of nitrogens with zero attached hydrogens (tertiary/aromatic N) is 6. The Balaban J connectivity index is 1.75. The van der Waals surface area contributed by atoms with E-state index in [-0.39, 0.29) is 0 Å². The number of piperidine rings is 1. The first-order valence-corrected chi connectivity index (χ1v) is 8.45. The first kappa shape index (κ1) is 16.5. The Morgan fingerprint density at radius 3 is 2.67 bits per heavy atom. The van der Waals surface area contributed by atoms with Crippen LogP contribution in [0.15, 0.2) is 30.6 Å². The van der Waals surface area contributed by atoms with Crippen LogP contribution >= 0.6 is 0 Å². The molecule has 1 saturated heterocycles. The highest BCUT2D eigenvalue weighted by Gasteiger charge is 2.25. The molecule has 0 N–H and O–H groups in total. The Morgan fingerprint density at radius 1 is 1.12 bits per heavy atom. The van der Waals surface area contributed by atoms with E-state index in [9.17, 15) is 0 Å². The molecule has 0 aromatic carbocycles. The fourth-order valence-corrected chi connectivity index (χ4v) is 3.15. The molecule has 0 spiro atoms. The van der Waals surface area contributed by atoms with Gasteiger partial charge in [0.25, 0.3) is 0 Å². The smallest absolute Gasteiger partial charge is 0.134 e. The predicted molar refractivity (Wildman–Crippen MR) is 99.0 cm³/mol. The second-order valence-electron chi connectivity index (χ2n) is 6.62. The number of hydrogen-bond donors (Lipinski definition) is 0. The molecule has 2 aromatic heterocycles. The standard InChI is InChI=1S/C18H26N6/c1-14-7-5-9-16(21-14)24-10-6-8-15(12-24)23(4)18-11-17(22(2)3)19-13-20-18/h5,7,9,11,13,15H,6,8,10,12H2,1-4H3. The molecule has 3 heterocycles. The fraction of sp³-hybridized carbons (Fsp3) is 0.500. The number of hydrogen-bond acceptors (Lipinski definition) is 6. The van der Waals surface area contributed by atoms with E-state index in [1.54, 1.807) is 6.33 Å². The molecule has 1 aliphatic heterocycles. The Hall–Kier alpha value is -2.37. The van der Waals surface area contributed by atoms with Gasteiger partial charge in [-0.1, -0.05) is 6.07 Å². The minimum absolute atomic E-state index is 0.422. The number of aromatic nitrogens is 3. The molecule has 6 nitrogen and oxygen atoms in total. The summed E-state index contributed by atoms with van der Waals surface area (Å²) < 4.78 is 0. The number of pyridine rings is 1. The monoisotopic (exact) mass is 326 g/mol.